The minimum atomic E-state index is -1.16. The molecule has 5 rings (SSSR count). The third kappa shape index (κ3) is 2.77. The Balaban J connectivity index is 1.81. The van der Waals surface area contributed by atoms with E-state index in [0.29, 0.717) is 5.69 Å². The summed E-state index contributed by atoms with van der Waals surface area (Å²) in [6, 6.07) is 16.8. The highest BCUT2D eigenvalue weighted by Gasteiger charge is 2.25. The van der Waals surface area contributed by atoms with Crippen LogP contribution in [0.4, 0.5) is 0 Å². The van der Waals surface area contributed by atoms with Gasteiger partial charge >= 0.3 is 5.97 Å². The van der Waals surface area contributed by atoms with E-state index in [0.717, 1.165) is 46.6 Å². The van der Waals surface area contributed by atoms with E-state index in [-0.39, 0.29) is 11.3 Å². The van der Waals surface area contributed by atoms with E-state index in [9.17, 15) is 15.0 Å². The molecule has 6 nitrogen and oxygen atoms in total. The van der Waals surface area contributed by atoms with E-state index in [2.05, 4.69) is 20.6 Å². The molecule has 142 valence electrons. The number of aromatic carboxylic acids is 1. The summed E-state index contributed by atoms with van der Waals surface area (Å²) in [5, 5.41) is 19.4. The van der Waals surface area contributed by atoms with Crippen LogP contribution >= 0.6 is 0 Å². The highest BCUT2D eigenvalue weighted by atomic mass is 16.4. The number of aromatic hydroxyl groups is 1. The van der Waals surface area contributed by atoms with E-state index >= 15 is 0 Å². The summed E-state index contributed by atoms with van der Waals surface area (Å²) in [4.78, 5) is 20.2. The van der Waals surface area contributed by atoms with Gasteiger partial charge in [0.1, 0.15) is 17.6 Å². The van der Waals surface area contributed by atoms with Crippen molar-refractivity contribution in [3.63, 3.8) is 0 Å². The Morgan fingerprint density at radius 3 is 2.62 bits per heavy atom. The molecule has 0 spiro atoms. The maximum atomic E-state index is 11.6. The SMILES string of the molecule is O=C(O)c1cc(-n2c(-c3ccccc3)cc3c2CCc2ncncc2-3)ccc1O. The Morgan fingerprint density at radius 2 is 1.83 bits per heavy atom. The number of hydrogen-bond donors (Lipinski definition) is 2. The second-order valence-corrected chi connectivity index (χ2v) is 6.98. The number of aryl methyl sites for hydroxylation is 1. The van der Waals surface area contributed by atoms with Crippen molar-refractivity contribution in [2.24, 2.45) is 0 Å². The lowest BCUT2D eigenvalue weighted by Crippen LogP contribution is -2.11. The van der Waals surface area contributed by atoms with Crippen LogP contribution in [0.1, 0.15) is 21.7 Å². The molecule has 2 N–H and O–H groups in total. The summed E-state index contributed by atoms with van der Waals surface area (Å²) >= 11 is 0. The van der Waals surface area contributed by atoms with Crippen molar-refractivity contribution in [2.75, 3.05) is 0 Å². The van der Waals surface area contributed by atoms with Gasteiger partial charge < -0.3 is 14.8 Å². The standard InChI is InChI=1S/C23H17N3O3/c27-22-9-6-15(10-17(22)23(28)29)26-20-8-7-19-18(12-24-13-25-19)16(20)11-21(26)14-4-2-1-3-5-14/h1-6,9-13,27H,7-8H2,(H,28,29). The first-order valence-corrected chi connectivity index (χ1v) is 9.29. The van der Waals surface area contributed by atoms with Crippen molar-refractivity contribution in [3.8, 4) is 33.8 Å². The first kappa shape index (κ1) is 17.2. The van der Waals surface area contributed by atoms with Gasteiger partial charge in [0, 0.05) is 28.7 Å². The highest BCUT2D eigenvalue weighted by Crippen LogP contribution is 2.40. The van der Waals surface area contributed by atoms with Crippen LogP contribution in [0.25, 0.3) is 28.1 Å². The van der Waals surface area contributed by atoms with Gasteiger partial charge in [-0.05, 0) is 42.7 Å². The molecule has 0 amide bonds. The largest absolute Gasteiger partial charge is 0.507 e. The van der Waals surface area contributed by atoms with Gasteiger partial charge in [0.2, 0.25) is 0 Å². The van der Waals surface area contributed by atoms with Crippen molar-refractivity contribution < 1.29 is 15.0 Å². The molecule has 29 heavy (non-hydrogen) atoms. The first-order valence-electron chi connectivity index (χ1n) is 9.29. The number of hydrogen-bond acceptors (Lipinski definition) is 4. The second-order valence-electron chi connectivity index (χ2n) is 6.98. The van der Waals surface area contributed by atoms with E-state index in [1.54, 1.807) is 12.4 Å². The van der Waals surface area contributed by atoms with Gasteiger partial charge in [-0.15, -0.1) is 0 Å². The minimum absolute atomic E-state index is 0.122. The Labute approximate surface area is 166 Å². The number of carbonyl (C=O) groups is 1. The fraction of sp³-hybridized carbons (Fsp3) is 0.0870. The molecule has 1 aliphatic rings. The molecule has 0 bridgehead atoms. The van der Waals surface area contributed by atoms with Gasteiger partial charge in [0.25, 0.3) is 0 Å². The summed E-state index contributed by atoms with van der Waals surface area (Å²) in [6.45, 7) is 0. The molecular formula is C23H17N3O3. The van der Waals surface area contributed by atoms with Crippen LogP contribution < -0.4 is 0 Å². The summed E-state index contributed by atoms with van der Waals surface area (Å²) < 4.78 is 2.08. The molecule has 0 saturated heterocycles. The number of rotatable bonds is 3. The third-order valence-electron chi connectivity index (χ3n) is 5.32. The molecule has 2 aromatic heterocycles. The van der Waals surface area contributed by atoms with Crippen molar-refractivity contribution in [3.05, 3.63) is 84.1 Å². The fourth-order valence-corrected chi connectivity index (χ4v) is 4.00. The number of fused-ring (bicyclic) bond motifs is 3. The molecule has 2 heterocycles. The third-order valence-corrected chi connectivity index (χ3v) is 5.32. The molecule has 0 saturated carbocycles. The Hall–Kier alpha value is -3.93. The van der Waals surface area contributed by atoms with Crippen molar-refractivity contribution >= 4 is 5.97 Å². The van der Waals surface area contributed by atoms with Crippen molar-refractivity contribution in [1.82, 2.24) is 14.5 Å². The predicted molar refractivity (Wildman–Crippen MR) is 108 cm³/mol. The van der Waals surface area contributed by atoms with Crippen LogP contribution in [0.2, 0.25) is 0 Å². The Morgan fingerprint density at radius 1 is 1.00 bits per heavy atom. The van der Waals surface area contributed by atoms with E-state index in [4.69, 9.17) is 0 Å². The lowest BCUT2D eigenvalue weighted by molar-refractivity contribution is 0.0693. The first-order chi connectivity index (χ1) is 14.1. The van der Waals surface area contributed by atoms with Crippen LogP contribution in [0.3, 0.4) is 0 Å². The van der Waals surface area contributed by atoms with Crippen LogP contribution in [-0.4, -0.2) is 30.7 Å². The number of carboxylic acid groups (broad SMARTS) is 1. The zero-order valence-electron chi connectivity index (χ0n) is 15.4. The Bertz CT molecular complexity index is 1250. The van der Waals surface area contributed by atoms with Gasteiger partial charge in [0.15, 0.2) is 0 Å². The average molecular weight is 383 g/mol. The number of phenols is 1. The molecule has 2 aromatic carbocycles. The number of aromatic nitrogens is 3. The van der Waals surface area contributed by atoms with Gasteiger partial charge in [-0.2, -0.15) is 0 Å². The van der Waals surface area contributed by atoms with Crippen LogP contribution in [0.5, 0.6) is 5.75 Å². The fourth-order valence-electron chi connectivity index (χ4n) is 4.00. The lowest BCUT2D eigenvalue weighted by Gasteiger charge is -2.19. The predicted octanol–water partition coefficient (Wildman–Crippen LogP) is 4.10. The quantitative estimate of drug-likeness (QED) is 0.556. The summed E-state index contributed by atoms with van der Waals surface area (Å²) in [5.74, 6) is -1.41. The number of carboxylic acids is 1. The molecule has 0 unspecified atom stereocenters. The lowest BCUT2D eigenvalue weighted by atomic mass is 9.94. The van der Waals surface area contributed by atoms with Gasteiger partial charge in [-0.1, -0.05) is 30.3 Å². The van der Waals surface area contributed by atoms with Crippen LogP contribution in [-0.2, 0) is 12.8 Å². The van der Waals surface area contributed by atoms with E-state index < -0.39 is 5.97 Å². The molecule has 0 aliphatic heterocycles. The zero-order chi connectivity index (χ0) is 20.0. The zero-order valence-corrected chi connectivity index (χ0v) is 15.4. The van der Waals surface area contributed by atoms with E-state index in [1.807, 2.05) is 36.5 Å². The van der Waals surface area contributed by atoms with Gasteiger partial charge in [-0.25, -0.2) is 14.8 Å². The average Bonchev–Trinajstić information content (AvgIpc) is 3.15. The molecule has 0 radical (unpaired) electrons. The molecule has 4 aromatic rings. The van der Waals surface area contributed by atoms with Gasteiger partial charge in [0.05, 0.1) is 11.4 Å². The topological polar surface area (TPSA) is 88.2 Å². The minimum Gasteiger partial charge on any atom is -0.507 e. The molecule has 0 atom stereocenters. The normalized spacial score (nSPS) is 12.3. The van der Waals surface area contributed by atoms with E-state index in [1.165, 1.54) is 12.1 Å². The van der Waals surface area contributed by atoms with Gasteiger partial charge in [-0.3, -0.25) is 0 Å². The monoisotopic (exact) mass is 383 g/mol. The smallest absolute Gasteiger partial charge is 0.339 e. The molecule has 0 fully saturated rings. The number of benzene rings is 2. The molecular weight excluding hydrogens is 366 g/mol. The molecule has 1 aliphatic carbocycles. The summed E-state index contributed by atoms with van der Waals surface area (Å²) in [7, 11) is 0. The van der Waals surface area contributed by atoms with Crippen LogP contribution in [0.15, 0.2) is 67.1 Å². The highest BCUT2D eigenvalue weighted by molar-refractivity contribution is 5.91. The molecule has 6 heteroatoms. The second kappa shape index (κ2) is 6.60. The maximum absolute atomic E-state index is 11.6. The maximum Gasteiger partial charge on any atom is 0.339 e. The Kier molecular flexibility index (Phi) is 3.91. The summed E-state index contributed by atoms with van der Waals surface area (Å²) in [5.41, 5.74) is 6.69. The van der Waals surface area contributed by atoms with Crippen LogP contribution in [0, 0.1) is 0 Å². The van der Waals surface area contributed by atoms with Crippen molar-refractivity contribution in [2.45, 2.75) is 12.8 Å². The van der Waals surface area contributed by atoms with Crippen molar-refractivity contribution in [1.29, 1.82) is 0 Å². The summed E-state index contributed by atoms with van der Waals surface area (Å²) in [6.07, 6.45) is 4.96. The number of nitrogens with zero attached hydrogens (tertiary/aromatic N) is 3.